The Labute approximate surface area is 193 Å². The molecule has 0 aromatic carbocycles. The molecule has 0 N–H and O–H groups in total. The Morgan fingerprint density at radius 3 is 1.00 bits per heavy atom. The van der Waals surface area contributed by atoms with Crippen LogP contribution in [-0.2, 0) is 17.1 Å². The van der Waals surface area contributed by atoms with Crippen molar-refractivity contribution < 1.29 is 99.7 Å². The van der Waals surface area contributed by atoms with E-state index in [4.69, 9.17) is 0 Å². The van der Waals surface area contributed by atoms with Crippen molar-refractivity contribution in [1.29, 1.82) is 0 Å². The Morgan fingerprint density at radius 1 is 1.00 bits per heavy atom. The molecule has 0 saturated carbocycles. The molecular formula is H16BiCeCuGaGeInNdP. The zero-order chi connectivity index (χ0) is 0. The van der Waals surface area contributed by atoms with Crippen LogP contribution in [0.1, 0.15) is 0 Å². The van der Waals surface area contributed by atoms with Crippen LogP contribution >= 0.6 is 9.90 Å². The normalized spacial score (nSPS) is 0. The van der Waals surface area contributed by atoms with E-state index in [1.165, 1.54) is 0 Å². The van der Waals surface area contributed by atoms with Crippen molar-refractivity contribution in [2.75, 3.05) is 0 Å². The van der Waals surface area contributed by atoms with Gasteiger partial charge in [0.15, 0.2) is 0 Å². The summed E-state index contributed by atoms with van der Waals surface area (Å²) in [5.74, 6) is 0. The van der Waals surface area contributed by atoms with E-state index < -0.39 is 0 Å². The quantitative estimate of drug-likeness (QED) is 0.170. The molecule has 0 aliphatic carbocycles. The summed E-state index contributed by atoms with van der Waals surface area (Å²) in [5, 5.41) is 0. The monoisotopic (exact) mass is 859 g/mol. The van der Waals surface area contributed by atoms with E-state index in [1.54, 1.807) is 0 Å². The number of hydrogen-bond acceptors (Lipinski definition) is 0. The number of rotatable bonds is 0. The Morgan fingerprint density at radius 2 is 1.00 bits per heavy atom. The largest absolute Gasteiger partial charge is 0 e. The molecule has 1 radical (unpaired) electrons. The van der Waals surface area contributed by atoms with Gasteiger partial charge in [0, 0.05) is 99.7 Å². The molecule has 1 atom stereocenters. The maximum atomic E-state index is 0. The van der Waals surface area contributed by atoms with Crippen LogP contribution in [0.5, 0.6) is 0 Å². The predicted octanol–water partition coefficient (Wildman–Crippen LogP) is -4.95. The third kappa shape index (κ3) is 38.9. The van der Waals surface area contributed by atoms with Gasteiger partial charge in [-0.05, 0) is 0 Å². The zero-order valence-electron chi connectivity index (χ0n) is 2.72. The van der Waals surface area contributed by atoms with E-state index >= 15 is 0 Å². The molecule has 0 aromatic rings. The van der Waals surface area contributed by atoms with E-state index in [1.807, 2.05) is 0 Å². The fraction of sp³-hybridized carbons (Fsp3) is 0. The molecule has 0 aliphatic heterocycles. The summed E-state index contributed by atoms with van der Waals surface area (Å²) in [6, 6.07) is 0. The first-order valence-corrected chi connectivity index (χ1v) is 0. The summed E-state index contributed by atoms with van der Waals surface area (Å²) in [7, 11) is 0. The van der Waals surface area contributed by atoms with Crippen LogP contribution in [0.3, 0.4) is 0 Å². The van der Waals surface area contributed by atoms with Gasteiger partial charge >= 0.3 is 89.4 Å². The molecule has 0 nitrogen and oxygen atoms in total. The van der Waals surface area contributed by atoms with Crippen LogP contribution in [-0.4, -0.2) is 89.4 Å². The molecule has 0 spiro atoms. The van der Waals surface area contributed by atoms with E-state index in [-0.39, 0.29) is 199 Å². The van der Waals surface area contributed by atoms with Crippen molar-refractivity contribution in [3.8, 4) is 0 Å². The smallest absolute Gasteiger partial charge is 0 e. The third-order valence-electron chi connectivity index (χ3n) is 0. The van der Waals surface area contributed by atoms with Crippen molar-refractivity contribution in [3.05, 3.63) is 0 Å². The second-order valence-corrected chi connectivity index (χ2v) is 0. The van der Waals surface area contributed by atoms with Crippen molar-refractivity contribution in [2.24, 2.45) is 0 Å². The maximum absolute atomic E-state index is 0. The van der Waals surface area contributed by atoms with Gasteiger partial charge in [0.25, 0.3) is 0 Å². The van der Waals surface area contributed by atoms with Crippen LogP contribution in [0.2, 0.25) is 0 Å². The standard InChI is InChI=1S/Bi.Ce.Cu.Ga.GeH4.In.Nd.H3P.9H/h;;;;1H4;;;1H3;;;;;;;;;. The van der Waals surface area contributed by atoms with Crippen molar-refractivity contribution in [3.63, 3.8) is 0 Å². The number of hydrogen-bond donors (Lipinski definition) is 0. The van der Waals surface area contributed by atoms with Crippen LogP contribution in [0.25, 0.3) is 0 Å². The van der Waals surface area contributed by atoms with E-state index in [9.17, 15) is 0 Å². The maximum Gasteiger partial charge on any atom is 0 e. The van der Waals surface area contributed by atoms with Crippen LogP contribution in [0.4, 0.5) is 0 Å². The summed E-state index contributed by atoms with van der Waals surface area (Å²) in [6.07, 6.45) is 0. The van der Waals surface area contributed by atoms with Crippen LogP contribution in [0.15, 0.2) is 0 Å². The zero-order valence-corrected chi connectivity index (χ0v) is 16.9. The molecule has 8 heteroatoms. The SMILES string of the molecule is P.[BiH3].[Ce].[Cu].[GaH3].[GeH4].[InH3].[Nd]. The summed E-state index contributed by atoms with van der Waals surface area (Å²) < 4.78 is 0. The minimum Gasteiger partial charge on any atom is 0 e. The summed E-state index contributed by atoms with van der Waals surface area (Å²) in [5.41, 5.74) is 0. The first-order chi connectivity index (χ1) is 0. The Kier molecular flexibility index (Phi) is 384. The third-order valence-corrected chi connectivity index (χ3v) is 0. The van der Waals surface area contributed by atoms with Crippen LogP contribution in [0, 0.1) is 82.6 Å². The minimum atomic E-state index is 0. The minimum absolute atomic E-state index is 0. The van der Waals surface area contributed by atoms with Gasteiger partial charge in [-0.2, -0.15) is 9.90 Å². The predicted molar refractivity (Wildman–Crippen MR) is 52.3 cm³/mol. The second-order valence-electron chi connectivity index (χ2n) is 0. The van der Waals surface area contributed by atoms with Crippen LogP contribution < -0.4 is 0 Å². The molecule has 0 heterocycles. The molecular weight excluding hydrogens is 845 g/mol. The Hall–Kier alpha value is 6.61. The fourth-order valence-corrected chi connectivity index (χ4v) is 0. The molecule has 0 rings (SSSR count). The summed E-state index contributed by atoms with van der Waals surface area (Å²) in [6.45, 7) is 0. The molecule has 0 amide bonds. The molecule has 0 fully saturated rings. The van der Waals surface area contributed by atoms with Gasteiger partial charge in [-0.15, -0.1) is 0 Å². The fourth-order valence-electron chi connectivity index (χ4n) is 0. The molecule has 0 bridgehead atoms. The van der Waals surface area contributed by atoms with E-state index in [0.29, 0.717) is 0 Å². The average molecular weight is 861 g/mol. The van der Waals surface area contributed by atoms with Gasteiger partial charge < -0.3 is 0 Å². The first-order valence-electron chi connectivity index (χ1n) is 0. The van der Waals surface area contributed by atoms with Gasteiger partial charge in [0.05, 0.1) is 0 Å². The van der Waals surface area contributed by atoms with Crippen molar-refractivity contribution in [1.82, 2.24) is 0 Å². The molecule has 0 saturated heterocycles. The topological polar surface area (TPSA) is 0 Å². The second kappa shape index (κ2) is 49.5. The molecule has 8 heavy (non-hydrogen) atoms. The molecule has 0 aromatic heterocycles. The van der Waals surface area contributed by atoms with Gasteiger partial charge in [-0.25, -0.2) is 0 Å². The Balaban J connectivity index is 0. The first kappa shape index (κ1) is 61.9. The summed E-state index contributed by atoms with van der Waals surface area (Å²) in [4.78, 5) is 0. The van der Waals surface area contributed by atoms with Crippen molar-refractivity contribution in [2.45, 2.75) is 0 Å². The van der Waals surface area contributed by atoms with E-state index in [0.717, 1.165) is 0 Å². The van der Waals surface area contributed by atoms with Gasteiger partial charge in [0.2, 0.25) is 0 Å². The van der Waals surface area contributed by atoms with Gasteiger partial charge in [-0.3, -0.25) is 0 Å². The summed E-state index contributed by atoms with van der Waals surface area (Å²) >= 11 is 0. The molecule has 55 valence electrons. The Bertz CT molecular complexity index is 24.0. The van der Waals surface area contributed by atoms with Gasteiger partial charge in [0.1, 0.15) is 0 Å². The van der Waals surface area contributed by atoms with E-state index in [2.05, 4.69) is 0 Å². The van der Waals surface area contributed by atoms with Crippen molar-refractivity contribution >= 4 is 99.3 Å². The van der Waals surface area contributed by atoms with Gasteiger partial charge in [-0.1, -0.05) is 0 Å². The average Bonchev–Trinajstić information content (AvgIpc) is 0. The molecule has 1 unspecified atom stereocenters. The molecule has 0 aliphatic rings.